The fourth-order valence-electron chi connectivity index (χ4n) is 2.53. The van der Waals surface area contributed by atoms with Crippen LogP contribution in [0.1, 0.15) is 69.4 Å². The second-order valence-corrected chi connectivity index (χ2v) is 5.19. The van der Waals surface area contributed by atoms with Gasteiger partial charge in [0.1, 0.15) is 0 Å². The van der Waals surface area contributed by atoms with Crippen LogP contribution in [0.5, 0.6) is 0 Å². The molecule has 0 fully saturated rings. The first-order chi connectivity index (χ1) is 8.61. The van der Waals surface area contributed by atoms with Gasteiger partial charge in [0, 0.05) is 23.8 Å². The van der Waals surface area contributed by atoms with E-state index in [1.165, 1.54) is 42.6 Å². The summed E-state index contributed by atoms with van der Waals surface area (Å²) < 4.78 is 2.18. The number of unbranched alkanes of at least 4 members (excludes halogenated alkanes) is 2. The van der Waals surface area contributed by atoms with Crippen molar-refractivity contribution in [3.8, 4) is 0 Å². The molecule has 1 aromatic rings. The fourth-order valence-corrected chi connectivity index (χ4v) is 2.53. The van der Waals surface area contributed by atoms with E-state index in [4.69, 9.17) is 0 Å². The number of hydrogen-bond acceptors (Lipinski definition) is 2. The molecule has 1 N–H and O–H groups in total. The van der Waals surface area contributed by atoms with E-state index in [9.17, 15) is 0 Å². The van der Waals surface area contributed by atoms with Gasteiger partial charge < -0.3 is 5.32 Å². The van der Waals surface area contributed by atoms with Gasteiger partial charge in [-0.3, -0.25) is 4.68 Å². The van der Waals surface area contributed by atoms with Crippen LogP contribution in [-0.2, 0) is 6.54 Å². The van der Waals surface area contributed by atoms with Gasteiger partial charge in [-0.1, -0.05) is 26.7 Å². The first-order valence-electron chi connectivity index (χ1n) is 7.39. The predicted octanol–water partition coefficient (Wildman–Crippen LogP) is 3.75. The number of rotatable bonds is 8. The zero-order valence-electron chi connectivity index (χ0n) is 12.7. The van der Waals surface area contributed by atoms with E-state index < -0.39 is 0 Å². The van der Waals surface area contributed by atoms with E-state index in [-0.39, 0.29) is 0 Å². The van der Waals surface area contributed by atoms with E-state index in [1.54, 1.807) is 0 Å². The Labute approximate surface area is 112 Å². The summed E-state index contributed by atoms with van der Waals surface area (Å²) in [5.41, 5.74) is 3.90. The lowest BCUT2D eigenvalue weighted by molar-refractivity contribution is 0.534. The molecule has 3 heteroatoms. The van der Waals surface area contributed by atoms with Crippen LogP contribution in [0, 0.1) is 13.8 Å². The molecule has 1 heterocycles. The number of aromatic nitrogens is 2. The maximum Gasteiger partial charge on any atom is 0.0644 e. The molecular formula is C15H29N3. The molecule has 0 aliphatic carbocycles. The zero-order chi connectivity index (χ0) is 13.5. The highest BCUT2D eigenvalue weighted by atomic mass is 15.3. The largest absolute Gasteiger partial charge is 0.310 e. The van der Waals surface area contributed by atoms with Gasteiger partial charge in [0.15, 0.2) is 0 Å². The Hall–Kier alpha value is -0.830. The van der Waals surface area contributed by atoms with Crippen molar-refractivity contribution in [3.05, 3.63) is 17.0 Å². The van der Waals surface area contributed by atoms with Crippen LogP contribution in [0.2, 0.25) is 0 Å². The molecule has 1 aromatic heterocycles. The van der Waals surface area contributed by atoms with Crippen molar-refractivity contribution in [3.63, 3.8) is 0 Å². The fraction of sp³-hybridized carbons (Fsp3) is 0.800. The third-order valence-corrected chi connectivity index (χ3v) is 3.54. The maximum atomic E-state index is 4.69. The summed E-state index contributed by atoms with van der Waals surface area (Å²) in [5.74, 6) is 0. The molecule has 0 spiro atoms. The van der Waals surface area contributed by atoms with Crippen LogP contribution in [0.3, 0.4) is 0 Å². The Morgan fingerprint density at radius 3 is 2.50 bits per heavy atom. The minimum absolute atomic E-state index is 0.407. The molecule has 18 heavy (non-hydrogen) atoms. The molecular weight excluding hydrogens is 222 g/mol. The van der Waals surface area contributed by atoms with Crippen LogP contribution < -0.4 is 5.32 Å². The van der Waals surface area contributed by atoms with Gasteiger partial charge in [-0.05, 0) is 40.2 Å². The molecule has 0 saturated heterocycles. The Balaban J connectivity index is 2.73. The van der Waals surface area contributed by atoms with Gasteiger partial charge in [-0.25, -0.2) is 0 Å². The number of nitrogens with zero attached hydrogens (tertiary/aromatic N) is 2. The van der Waals surface area contributed by atoms with E-state index in [2.05, 4.69) is 49.7 Å². The highest BCUT2D eigenvalue weighted by molar-refractivity contribution is 5.27. The van der Waals surface area contributed by atoms with Crippen molar-refractivity contribution in [2.24, 2.45) is 0 Å². The predicted molar refractivity (Wildman–Crippen MR) is 77.9 cm³/mol. The molecule has 3 nitrogen and oxygen atoms in total. The number of hydrogen-bond donors (Lipinski definition) is 1. The van der Waals surface area contributed by atoms with Gasteiger partial charge in [-0.2, -0.15) is 5.10 Å². The Kier molecular flexibility index (Phi) is 6.41. The van der Waals surface area contributed by atoms with E-state index in [1.807, 2.05) is 0 Å². The molecule has 0 saturated carbocycles. The summed E-state index contributed by atoms with van der Waals surface area (Å²) in [6, 6.07) is 0.407. The van der Waals surface area contributed by atoms with Crippen molar-refractivity contribution in [1.29, 1.82) is 0 Å². The summed E-state index contributed by atoms with van der Waals surface area (Å²) in [6.07, 6.45) is 4.96. The molecule has 1 rings (SSSR count). The Morgan fingerprint density at radius 1 is 1.17 bits per heavy atom. The van der Waals surface area contributed by atoms with Crippen LogP contribution in [0.15, 0.2) is 0 Å². The van der Waals surface area contributed by atoms with Crippen LogP contribution >= 0.6 is 0 Å². The number of nitrogens with one attached hydrogen (secondary N) is 1. The van der Waals surface area contributed by atoms with Crippen molar-refractivity contribution < 1.29 is 0 Å². The number of aryl methyl sites for hydroxylation is 2. The highest BCUT2D eigenvalue weighted by Gasteiger charge is 2.16. The second kappa shape index (κ2) is 7.57. The third kappa shape index (κ3) is 3.84. The van der Waals surface area contributed by atoms with Crippen LogP contribution in [0.25, 0.3) is 0 Å². The molecule has 0 aliphatic heterocycles. The topological polar surface area (TPSA) is 29.9 Å². The molecule has 0 amide bonds. The third-order valence-electron chi connectivity index (χ3n) is 3.54. The summed E-state index contributed by atoms with van der Waals surface area (Å²) >= 11 is 0. The molecule has 1 atom stereocenters. The first kappa shape index (κ1) is 15.2. The highest BCUT2D eigenvalue weighted by Crippen LogP contribution is 2.21. The monoisotopic (exact) mass is 251 g/mol. The molecule has 0 aliphatic rings. The lowest BCUT2D eigenvalue weighted by Gasteiger charge is -2.14. The van der Waals surface area contributed by atoms with Crippen LogP contribution in [0.4, 0.5) is 0 Å². The van der Waals surface area contributed by atoms with Crippen molar-refractivity contribution in [2.45, 2.75) is 72.9 Å². The van der Waals surface area contributed by atoms with Gasteiger partial charge in [0.2, 0.25) is 0 Å². The minimum atomic E-state index is 0.407. The molecule has 0 aromatic carbocycles. The standard InChI is InChI=1S/C15H29N3/c1-6-8-9-11-18-14(5)15(13(4)17-18)12(3)16-10-7-2/h12,16H,6-11H2,1-5H3. The lowest BCUT2D eigenvalue weighted by atomic mass is 10.1. The maximum absolute atomic E-state index is 4.69. The minimum Gasteiger partial charge on any atom is -0.310 e. The second-order valence-electron chi connectivity index (χ2n) is 5.19. The SMILES string of the molecule is CCCCCn1nc(C)c(C(C)NCCC)c1C. The quantitative estimate of drug-likeness (QED) is 0.713. The van der Waals surface area contributed by atoms with Crippen molar-refractivity contribution >= 4 is 0 Å². The van der Waals surface area contributed by atoms with Crippen molar-refractivity contribution in [2.75, 3.05) is 6.54 Å². The summed E-state index contributed by atoms with van der Waals surface area (Å²) in [7, 11) is 0. The van der Waals surface area contributed by atoms with E-state index >= 15 is 0 Å². The van der Waals surface area contributed by atoms with Gasteiger partial charge in [0.25, 0.3) is 0 Å². The van der Waals surface area contributed by atoms with Crippen LogP contribution in [-0.4, -0.2) is 16.3 Å². The van der Waals surface area contributed by atoms with E-state index in [0.29, 0.717) is 6.04 Å². The molecule has 104 valence electrons. The Morgan fingerprint density at radius 2 is 1.89 bits per heavy atom. The zero-order valence-corrected chi connectivity index (χ0v) is 12.7. The molecule has 1 unspecified atom stereocenters. The molecule has 0 radical (unpaired) electrons. The summed E-state index contributed by atoms with van der Waals surface area (Å²) in [6.45, 7) is 13.1. The van der Waals surface area contributed by atoms with Crippen molar-refractivity contribution in [1.82, 2.24) is 15.1 Å². The average Bonchev–Trinajstić information content (AvgIpc) is 2.62. The summed E-state index contributed by atoms with van der Waals surface area (Å²) in [4.78, 5) is 0. The summed E-state index contributed by atoms with van der Waals surface area (Å²) in [5, 5.41) is 8.25. The van der Waals surface area contributed by atoms with Gasteiger partial charge >= 0.3 is 0 Å². The van der Waals surface area contributed by atoms with Gasteiger partial charge in [0.05, 0.1) is 5.69 Å². The Bertz CT molecular complexity index is 355. The molecule has 0 bridgehead atoms. The normalized spacial score (nSPS) is 12.9. The van der Waals surface area contributed by atoms with Gasteiger partial charge in [-0.15, -0.1) is 0 Å². The first-order valence-corrected chi connectivity index (χ1v) is 7.39. The lowest BCUT2D eigenvalue weighted by Crippen LogP contribution is -2.20. The smallest absolute Gasteiger partial charge is 0.0644 e. The van der Waals surface area contributed by atoms with E-state index in [0.717, 1.165) is 13.1 Å². The average molecular weight is 251 g/mol.